The molecule has 0 spiro atoms. The molecule has 8 heteroatoms. The van der Waals surface area contributed by atoms with E-state index in [9.17, 15) is 8.78 Å². The molecule has 5 nitrogen and oxygen atoms in total. The SMILES string of the molecule is CN(Cc1ccc(-c2noc(C(F)(F)Cl)n2)cc1)C1=C(NCC2CC2)CC1. The monoisotopic (exact) mass is 394 g/mol. The van der Waals surface area contributed by atoms with Crippen LogP contribution in [0.25, 0.3) is 11.4 Å². The molecule has 27 heavy (non-hydrogen) atoms. The summed E-state index contributed by atoms with van der Waals surface area (Å²) < 4.78 is 30.5. The Morgan fingerprint density at radius 2 is 2.00 bits per heavy atom. The van der Waals surface area contributed by atoms with Crippen LogP contribution in [0.4, 0.5) is 8.78 Å². The Morgan fingerprint density at radius 3 is 2.56 bits per heavy atom. The molecule has 0 amide bonds. The van der Waals surface area contributed by atoms with Crippen LogP contribution in [0.2, 0.25) is 0 Å². The summed E-state index contributed by atoms with van der Waals surface area (Å²) in [6.07, 6.45) is 4.92. The van der Waals surface area contributed by atoms with Crippen molar-refractivity contribution in [3.05, 3.63) is 47.1 Å². The summed E-state index contributed by atoms with van der Waals surface area (Å²) in [5.74, 6) is 0.0613. The third kappa shape index (κ3) is 4.24. The maximum atomic E-state index is 13.0. The van der Waals surface area contributed by atoms with Crippen LogP contribution < -0.4 is 5.32 Å². The first-order chi connectivity index (χ1) is 12.9. The van der Waals surface area contributed by atoms with Crippen molar-refractivity contribution >= 4 is 11.6 Å². The highest BCUT2D eigenvalue weighted by atomic mass is 35.5. The minimum atomic E-state index is -3.66. The summed E-state index contributed by atoms with van der Waals surface area (Å²) >= 11 is 4.90. The van der Waals surface area contributed by atoms with E-state index in [0.29, 0.717) is 5.56 Å². The predicted molar refractivity (Wildman–Crippen MR) is 97.9 cm³/mol. The number of benzene rings is 1. The molecular formula is C19H21ClF2N4O. The highest BCUT2D eigenvalue weighted by molar-refractivity contribution is 6.21. The quantitative estimate of drug-likeness (QED) is 0.670. The fourth-order valence-electron chi connectivity index (χ4n) is 3.15. The minimum absolute atomic E-state index is 0.0958. The van der Waals surface area contributed by atoms with Crippen LogP contribution in [0.1, 0.15) is 37.1 Å². The molecule has 0 aliphatic heterocycles. The molecule has 1 saturated carbocycles. The Labute approximate surface area is 161 Å². The highest BCUT2D eigenvalue weighted by Crippen LogP contribution is 2.33. The molecular weight excluding hydrogens is 374 g/mol. The number of hydrogen-bond donors (Lipinski definition) is 1. The summed E-state index contributed by atoms with van der Waals surface area (Å²) in [6, 6.07) is 7.48. The van der Waals surface area contributed by atoms with Gasteiger partial charge >= 0.3 is 11.3 Å². The smallest absolute Gasteiger partial charge is 0.387 e. The largest absolute Gasteiger partial charge is 0.400 e. The molecule has 1 heterocycles. The second-order valence-electron chi connectivity index (χ2n) is 7.22. The van der Waals surface area contributed by atoms with E-state index < -0.39 is 11.3 Å². The minimum Gasteiger partial charge on any atom is -0.387 e. The highest BCUT2D eigenvalue weighted by Gasteiger charge is 2.35. The second kappa shape index (κ2) is 7.11. The summed E-state index contributed by atoms with van der Waals surface area (Å²) in [7, 11) is 2.09. The van der Waals surface area contributed by atoms with Gasteiger partial charge in [-0.05, 0) is 48.8 Å². The third-order valence-corrected chi connectivity index (χ3v) is 5.18. The average Bonchev–Trinajstić information content (AvgIpc) is 3.26. The molecule has 1 aromatic heterocycles. The fraction of sp³-hybridized carbons (Fsp3) is 0.474. The van der Waals surface area contributed by atoms with E-state index in [2.05, 4.69) is 31.9 Å². The van der Waals surface area contributed by atoms with Crippen molar-refractivity contribution in [2.45, 2.75) is 37.6 Å². The number of nitrogens with zero attached hydrogens (tertiary/aromatic N) is 3. The summed E-state index contributed by atoms with van der Waals surface area (Å²) in [5.41, 5.74) is 4.45. The van der Waals surface area contributed by atoms with Crippen LogP contribution in [0, 0.1) is 5.92 Å². The molecule has 0 radical (unpaired) electrons. The van der Waals surface area contributed by atoms with Gasteiger partial charge in [0, 0.05) is 37.1 Å². The van der Waals surface area contributed by atoms with E-state index in [1.54, 1.807) is 12.1 Å². The topological polar surface area (TPSA) is 54.2 Å². The predicted octanol–water partition coefficient (Wildman–Crippen LogP) is 4.46. The first kappa shape index (κ1) is 18.2. The summed E-state index contributed by atoms with van der Waals surface area (Å²) in [4.78, 5) is 5.91. The van der Waals surface area contributed by atoms with Gasteiger partial charge in [-0.2, -0.15) is 13.8 Å². The first-order valence-corrected chi connectivity index (χ1v) is 9.45. The zero-order valence-electron chi connectivity index (χ0n) is 15.0. The Kier molecular flexibility index (Phi) is 4.80. The van der Waals surface area contributed by atoms with E-state index in [0.717, 1.165) is 37.4 Å². The van der Waals surface area contributed by atoms with Gasteiger partial charge in [-0.25, -0.2) is 0 Å². The molecule has 1 fully saturated rings. The number of nitrogens with one attached hydrogen (secondary N) is 1. The van der Waals surface area contributed by atoms with Crippen LogP contribution in [0.15, 0.2) is 40.2 Å². The van der Waals surface area contributed by atoms with Gasteiger partial charge in [-0.15, -0.1) is 0 Å². The van der Waals surface area contributed by atoms with Gasteiger partial charge in [-0.3, -0.25) is 0 Å². The molecule has 2 aliphatic rings. The Hall–Kier alpha value is -2.15. The Morgan fingerprint density at radius 1 is 1.26 bits per heavy atom. The van der Waals surface area contributed by atoms with Crippen LogP contribution in [-0.2, 0) is 11.9 Å². The Bertz CT molecular complexity index is 840. The van der Waals surface area contributed by atoms with Gasteiger partial charge in [0.2, 0.25) is 5.82 Å². The summed E-state index contributed by atoms with van der Waals surface area (Å²) in [6.45, 7) is 1.87. The standard InChI is InChI=1S/C19H21ClF2N4O/c1-26(16-9-8-15(16)23-10-12-2-3-12)11-13-4-6-14(7-5-13)17-24-18(27-25-17)19(20,21)22/h4-7,12,23H,2-3,8-11H2,1H3. The normalized spacial score (nSPS) is 17.0. The van der Waals surface area contributed by atoms with E-state index >= 15 is 0 Å². The molecule has 0 unspecified atom stereocenters. The van der Waals surface area contributed by atoms with Gasteiger partial charge < -0.3 is 14.7 Å². The third-order valence-electron chi connectivity index (χ3n) is 5.02. The van der Waals surface area contributed by atoms with Crippen molar-refractivity contribution < 1.29 is 13.3 Å². The molecule has 1 aromatic carbocycles. The van der Waals surface area contributed by atoms with Crippen molar-refractivity contribution in [1.82, 2.24) is 20.4 Å². The molecule has 2 aliphatic carbocycles. The van der Waals surface area contributed by atoms with Crippen molar-refractivity contribution in [1.29, 1.82) is 0 Å². The number of allylic oxidation sites excluding steroid dienone is 2. The molecule has 4 rings (SSSR count). The van der Waals surface area contributed by atoms with E-state index in [-0.39, 0.29) is 5.82 Å². The first-order valence-electron chi connectivity index (χ1n) is 9.07. The number of hydrogen-bond acceptors (Lipinski definition) is 5. The zero-order chi connectivity index (χ0) is 19.0. The van der Waals surface area contributed by atoms with Crippen molar-refractivity contribution in [3.8, 4) is 11.4 Å². The number of halogens is 3. The maximum Gasteiger partial charge on any atom is 0.400 e. The number of rotatable bonds is 8. The molecule has 144 valence electrons. The Balaban J connectivity index is 1.39. The van der Waals surface area contributed by atoms with E-state index in [4.69, 9.17) is 11.6 Å². The molecule has 1 N–H and O–H groups in total. The lowest BCUT2D eigenvalue weighted by Crippen LogP contribution is -2.31. The van der Waals surface area contributed by atoms with Crippen LogP contribution >= 0.6 is 11.6 Å². The lowest BCUT2D eigenvalue weighted by atomic mass is 9.99. The van der Waals surface area contributed by atoms with Crippen molar-refractivity contribution in [3.63, 3.8) is 0 Å². The maximum absolute atomic E-state index is 13.0. The van der Waals surface area contributed by atoms with Gasteiger partial charge in [-0.1, -0.05) is 29.4 Å². The van der Waals surface area contributed by atoms with E-state index in [1.807, 2.05) is 12.1 Å². The average molecular weight is 395 g/mol. The fourth-order valence-corrected chi connectivity index (χ4v) is 3.22. The van der Waals surface area contributed by atoms with Gasteiger partial charge in [0.05, 0.1) is 0 Å². The van der Waals surface area contributed by atoms with E-state index in [1.165, 1.54) is 24.2 Å². The lowest BCUT2D eigenvalue weighted by molar-refractivity contribution is 0.0551. The number of alkyl halides is 3. The molecule has 0 atom stereocenters. The van der Waals surface area contributed by atoms with Gasteiger partial charge in [0.15, 0.2) is 0 Å². The zero-order valence-corrected chi connectivity index (χ0v) is 15.8. The molecule has 0 saturated heterocycles. The van der Waals surface area contributed by atoms with Gasteiger partial charge in [0.1, 0.15) is 0 Å². The van der Waals surface area contributed by atoms with Crippen LogP contribution in [0.3, 0.4) is 0 Å². The van der Waals surface area contributed by atoms with Crippen LogP contribution in [-0.4, -0.2) is 28.6 Å². The van der Waals surface area contributed by atoms with Gasteiger partial charge in [0.25, 0.3) is 0 Å². The second-order valence-corrected chi connectivity index (χ2v) is 7.70. The van der Waals surface area contributed by atoms with Crippen molar-refractivity contribution in [2.75, 3.05) is 13.6 Å². The lowest BCUT2D eigenvalue weighted by Gasteiger charge is -2.33. The molecule has 2 aromatic rings. The molecule has 0 bridgehead atoms. The summed E-state index contributed by atoms with van der Waals surface area (Å²) in [5, 5.41) is 3.49. The number of aromatic nitrogens is 2. The van der Waals surface area contributed by atoms with Crippen molar-refractivity contribution in [2.24, 2.45) is 5.92 Å². The van der Waals surface area contributed by atoms with Crippen LogP contribution in [0.5, 0.6) is 0 Å².